The number of nitrogens with zero attached hydrogens (tertiary/aromatic N) is 1. The molecule has 0 fully saturated rings. The molecule has 6 nitrogen and oxygen atoms in total. The van der Waals surface area contributed by atoms with Crippen LogP contribution in [0.5, 0.6) is 0 Å². The summed E-state index contributed by atoms with van der Waals surface area (Å²) in [5.74, 6) is -2.41. The summed E-state index contributed by atoms with van der Waals surface area (Å²) in [6.45, 7) is 0. The van der Waals surface area contributed by atoms with Crippen LogP contribution in [0.2, 0.25) is 0 Å². The lowest BCUT2D eigenvalue weighted by Gasteiger charge is -2.05. The van der Waals surface area contributed by atoms with Gasteiger partial charge in [0.1, 0.15) is 17.5 Å². The number of halogens is 3. The molecule has 174 valence electrons. The predicted molar refractivity (Wildman–Crippen MR) is 120 cm³/mol. The van der Waals surface area contributed by atoms with E-state index in [0.717, 1.165) is 48.2 Å². The molecule has 34 heavy (non-hydrogen) atoms. The second kappa shape index (κ2) is 9.74. The lowest BCUT2D eigenvalue weighted by Crippen LogP contribution is -2.14. The predicted octanol–water partition coefficient (Wildman–Crippen LogP) is 5.32. The normalized spacial score (nSPS) is 11.4. The minimum Gasteiger partial charge on any atom is -0.428 e. The van der Waals surface area contributed by atoms with Crippen LogP contribution in [0.3, 0.4) is 0 Å². The number of anilines is 1. The van der Waals surface area contributed by atoms with Crippen LogP contribution in [0.4, 0.5) is 18.9 Å². The van der Waals surface area contributed by atoms with Gasteiger partial charge in [-0.3, -0.25) is 4.79 Å². The van der Waals surface area contributed by atoms with Crippen molar-refractivity contribution in [1.82, 2.24) is 4.98 Å². The number of thioether (sulfide) groups is 1. The van der Waals surface area contributed by atoms with Crippen molar-refractivity contribution in [2.75, 3.05) is 11.1 Å². The minimum atomic E-state index is -4.23. The summed E-state index contributed by atoms with van der Waals surface area (Å²) in [4.78, 5) is 16.2. The van der Waals surface area contributed by atoms with Gasteiger partial charge in [-0.25, -0.2) is 21.6 Å². The molecule has 0 radical (unpaired) electrons. The van der Waals surface area contributed by atoms with Gasteiger partial charge in [-0.15, -0.1) is 0 Å². The van der Waals surface area contributed by atoms with Gasteiger partial charge in [0.25, 0.3) is 0 Å². The highest BCUT2D eigenvalue weighted by Gasteiger charge is 2.29. The summed E-state index contributed by atoms with van der Waals surface area (Å²) in [6.07, 6.45) is 0. The maximum Gasteiger partial charge on any atom is 0.234 e. The van der Waals surface area contributed by atoms with Crippen molar-refractivity contribution in [2.24, 2.45) is 0 Å². The standard InChI is InChI=1S/C23H15F3N2O4S2/c24-15-3-1-14(2-4-15)21-28-22(34(30,31)19-11-7-17(26)8-12-19)23(32-21)33-13-20(29)27-18-9-5-16(25)6-10-18/h1-12H,13H2,(H,27,29). The Hall–Kier alpha value is -3.57. The molecule has 4 aromatic rings. The first-order chi connectivity index (χ1) is 16.2. The summed E-state index contributed by atoms with van der Waals surface area (Å²) in [5.41, 5.74) is 0.676. The van der Waals surface area contributed by atoms with E-state index in [0.29, 0.717) is 11.3 Å². The number of amides is 1. The van der Waals surface area contributed by atoms with Crippen LogP contribution in [-0.2, 0) is 14.6 Å². The fraction of sp³-hybridized carbons (Fsp3) is 0.0435. The van der Waals surface area contributed by atoms with E-state index in [-0.39, 0.29) is 21.6 Å². The number of sulfone groups is 1. The Morgan fingerprint density at radius 1 is 0.853 bits per heavy atom. The van der Waals surface area contributed by atoms with Crippen LogP contribution in [0, 0.1) is 17.5 Å². The average molecular weight is 505 g/mol. The van der Waals surface area contributed by atoms with Gasteiger partial charge >= 0.3 is 0 Å². The number of carbonyl (C=O) groups excluding carboxylic acids is 1. The van der Waals surface area contributed by atoms with Gasteiger partial charge in [-0.2, -0.15) is 4.98 Å². The lowest BCUT2D eigenvalue weighted by molar-refractivity contribution is -0.113. The Bertz CT molecular complexity index is 1420. The molecule has 0 aliphatic carbocycles. The average Bonchev–Trinajstić information content (AvgIpc) is 3.25. The van der Waals surface area contributed by atoms with E-state index in [4.69, 9.17) is 4.42 Å². The van der Waals surface area contributed by atoms with Gasteiger partial charge in [0.15, 0.2) is 0 Å². The number of carbonyl (C=O) groups is 1. The zero-order valence-electron chi connectivity index (χ0n) is 17.2. The highest BCUT2D eigenvalue weighted by molar-refractivity contribution is 8.00. The Balaban J connectivity index is 1.64. The van der Waals surface area contributed by atoms with Crippen molar-refractivity contribution < 1.29 is 30.8 Å². The molecule has 3 aromatic carbocycles. The number of hydrogen-bond acceptors (Lipinski definition) is 6. The third-order valence-electron chi connectivity index (χ3n) is 4.50. The maximum atomic E-state index is 13.3. The first kappa shape index (κ1) is 23.6. The molecule has 0 aliphatic rings. The third-order valence-corrected chi connectivity index (χ3v) is 7.25. The van der Waals surface area contributed by atoms with Gasteiger partial charge in [0.05, 0.1) is 10.6 Å². The van der Waals surface area contributed by atoms with Crippen LogP contribution < -0.4 is 5.32 Å². The molecule has 11 heteroatoms. The Morgan fingerprint density at radius 2 is 1.38 bits per heavy atom. The highest BCUT2D eigenvalue weighted by atomic mass is 32.2. The van der Waals surface area contributed by atoms with E-state index < -0.39 is 38.2 Å². The molecule has 1 aromatic heterocycles. The number of benzene rings is 3. The van der Waals surface area contributed by atoms with E-state index in [9.17, 15) is 26.4 Å². The third kappa shape index (κ3) is 5.32. The highest BCUT2D eigenvalue weighted by Crippen LogP contribution is 2.35. The summed E-state index contributed by atoms with van der Waals surface area (Å²) < 4.78 is 71.6. The van der Waals surface area contributed by atoms with Crippen LogP contribution in [-0.4, -0.2) is 25.1 Å². The number of nitrogens with one attached hydrogen (secondary N) is 1. The smallest absolute Gasteiger partial charge is 0.234 e. The zero-order chi connectivity index (χ0) is 24.3. The van der Waals surface area contributed by atoms with Crippen LogP contribution in [0.1, 0.15) is 0 Å². The molecule has 0 saturated heterocycles. The fourth-order valence-electron chi connectivity index (χ4n) is 2.86. The quantitative estimate of drug-likeness (QED) is 0.271. The molecule has 0 atom stereocenters. The molecular weight excluding hydrogens is 489 g/mol. The molecule has 0 spiro atoms. The van der Waals surface area contributed by atoms with E-state index >= 15 is 0 Å². The number of rotatable bonds is 7. The SMILES string of the molecule is O=C(CSc1oc(-c2ccc(F)cc2)nc1S(=O)(=O)c1ccc(F)cc1)Nc1ccc(F)cc1. The number of aromatic nitrogens is 1. The molecule has 0 aliphatic heterocycles. The molecule has 1 heterocycles. The van der Waals surface area contributed by atoms with Gasteiger partial charge in [-0.05, 0) is 72.8 Å². The molecular formula is C23H15F3N2O4S2. The Kier molecular flexibility index (Phi) is 6.75. The van der Waals surface area contributed by atoms with Gasteiger partial charge in [0.2, 0.25) is 31.8 Å². The zero-order valence-corrected chi connectivity index (χ0v) is 18.8. The van der Waals surface area contributed by atoms with Crippen molar-refractivity contribution in [1.29, 1.82) is 0 Å². The van der Waals surface area contributed by atoms with Crippen molar-refractivity contribution >= 4 is 33.2 Å². The second-order valence-corrected chi connectivity index (χ2v) is 9.73. The lowest BCUT2D eigenvalue weighted by atomic mass is 10.2. The van der Waals surface area contributed by atoms with Crippen LogP contribution in [0.25, 0.3) is 11.5 Å². The monoisotopic (exact) mass is 504 g/mol. The van der Waals surface area contributed by atoms with Crippen molar-refractivity contribution in [3.05, 3.63) is 90.2 Å². The summed E-state index contributed by atoms with van der Waals surface area (Å²) >= 11 is 0.778. The first-order valence-corrected chi connectivity index (χ1v) is 12.1. The van der Waals surface area contributed by atoms with E-state index in [1.54, 1.807) is 0 Å². The van der Waals surface area contributed by atoms with Crippen molar-refractivity contribution in [3.63, 3.8) is 0 Å². The van der Waals surface area contributed by atoms with Gasteiger partial charge < -0.3 is 9.73 Å². The summed E-state index contributed by atoms with van der Waals surface area (Å²) in [6, 6.07) is 14.4. The molecule has 1 amide bonds. The molecule has 0 saturated carbocycles. The maximum absolute atomic E-state index is 13.3. The molecule has 1 N–H and O–H groups in total. The molecule has 0 unspecified atom stereocenters. The van der Waals surface area contributed by atoms with Gasteiger partial charge in [-0.1, -0.05) is 11.8 Å². The summed E-state index contributed by atoms with van der Waals surface area (Å²) in [5, 5.41) is 1.93. The first-order valence-electron chi connectivity index (χ1n) is 9.68. The Morgan fingerprint density at radius 3 is 1.97 bits per heavy atom. The number of oxazole rings is 1. The van der Waals surface area contributed by atoms with E-state index in [1.807, 2.05) is 0 Å². The van der Waals surface area contributed by atoms with E-state index in [1.165, 1.54) is 36.4 Å². The number of hydrogen-bond donors (Lipinski definition) is 1. The van der Waals surface area contributed by atoms with Crippen molar-refractivity contribution in [3.8, 4) is 11.5 Å². The van der Waals surface area contributed by atoms with Crippen molar-refractivity contribution in [2.45, 2.75) is 15.0 Å². The van der Waals surface area contributed by atoms with Crippen LogP contribution in [0.15, 0.2) is 92.2 Å². The van der Waals surface area contributed by atoms with Gasteiger partial charge in [0, 0.05) is 11.3 Å². The second-order valence-electron chi connectivity index (χ2n) is 6.92. The summed E-state index contributed by atoms with van der Waals surface area (Å²) in [7, 11) is -4.23. The largest absolute Gasteiger partial charge is 0.428 e. The minimum absolute atomic E-state index is 0.0953. The van der Waals surface area contributed by atoms with E-state index in [2.05, 4.69) is 10.3 Å². The molecule has 4 rings (SSSR count). The Labute approximate surface area is 196 Å². The molecule has 0 bridgehead atoms. The fourth-order valence-corrected chi connectivity index (χ4v) is 5.18. The topological polar surface area (TPSA) is 89.3 Å². The van der Waals surface area contributed by atoms with Crippen LogP contribution >= 0.6 is 11.8 Å².